The highest BCUT2D eigenvalue weighted by molar-refractivity contribution is 7.74. The van der Waals surface area contributed by atoms with Crippen LogP contribution in [-0.4, -0.2) is 30.5 Å². The second kappa shape index (κ2) is 2.39. The van der Waals surface area contributed by atoms with E-state index >= 15 is 0 Å². The van der Waals surface area contributed by atoms with Gasteiger partial charge in [0, 0.05) is 6.42 Å². The van der Waals surface area contributed by atoms with E-state index in [4.69, 9.17) is 5.11 Å². The van der Waals surface area contributed by atoms with Gasteiger partial charge >= 0.3 is 0 Å². The number of nitrogens with one attached hydrogen (secondary N) is 1. The van der Waals surface area contributed by atoms with Gasteiger partial charge in [0.1, 0.15) is 11.1 Å². The quantitative estimate of drug-likeness (QED) is 0.400. The van der Waals surface area contributed by atoms with Gasteiger partial charge < -0.3 is 10.4 Å². The molecule has 10 heavy (non-hydrogen) atoms. The summed E-state index contributed by atoms with van der Waals surface area (Å²) in [7, 11) is -2.50. The first-order valence-electron chi connectivity index (χ1n) is 2.55. The number of carbonyl (C=O) groups excluding carboxylic acids is 1. The van der Waals surface area contributed by atoms with Gasteiger partial charge in [-0.3, -0.25) is 4.79 Å². The largest absolute Gasteiger partial charge is 0.373 e. The Bertz CT molecular complexity index is 282. The molecule has 0 spiro atoms. The molecule has 0 aromatic rings. The number of hydrogen-bond donors (Lipinski definition) is 2. The lowest BCUT2D eigenvalue weighted by Gasteiger charge is -1.94. The first-order chi connectivity index (χ1) is 4.61. The molecule has 1 fully saturated rings. The molecule has 0 saturated carbocycles. The molecular weight excluding hydrogens is 158 g/mol. The lowest BCUT2D eigenvalue weighted by Crippen LogP contribution is -2.25. The maximum absolute atomic E-state index is 10.5. The fraction of sp³-hybridized carbons (Fsp3) is 0.500. The second-order valence-electron chi connectivity index (χ2n) is 1.85. The molecule has 56 valence electrons. The predicted molar refractivity (Wildman–Crippen MR) is 32.7 cm³/mol. The van der Waals surface area contributed by atoms with Crippen LogP contribution in [0.5, 0.6) is 0 Å². The minimum atomic E-state index is -2.50. The Balaban J connectivity index is 3.06. The van der Waals surface area contributed by atoms with Crippen LogP contribution >= 0.6 is 0 Å². The van der Waals surface area contributed by atoms with Crippen LogP contribution in [0, 0.1) is 0 Å². The lowest BCUT2D eigenvalue weighted by atomic mass is 10.3. The van der Waals surface area contributed by atoms with Crippen molar-refractivity contribution < 1.29 is 18.3 Å². The zero-order chi connectivity index (χ0) is 7.72. The summed E-state index contributed by atoms with van der Waals surface area (Å²) in [5, 5.41) is 10.7. The number of aliphatic hydroxyl groups is 1. The summed E-state index contributed by atoms with van der Waals surface area (Å²) in [6, 6.07) is 0. The Kier molecular flexibility index (Phi) is 1.73. The molecule has 1 amide bonds. The van der Waals surface area contributed by atoms with Gasteiger partial charge in [0.15, 0.2) is 0 Å². The molecule has 1 saturated heterocycles. The van der Waals surface area contributed by atoms with Crippen LogP contribution in [0.1, 0.15) is 6.42 Å². The van der Waals surface area contributed by atoms with E-state index in [0.717, 1.165) is 0 Å². The van der Waals surface area contributed by atoms with Gasteiger partial charge in [-0.2, -0.15) is 8.42 Å². The summed E-state index contributed by atoms with van der Waals surface area (Å²) in [6.45, 7) is 0. The van der Waals surface area contributed by atoms with Crippen LogP contribution in [0.4, 0.5) is 0 Å². The molecule has 5 nitrogen and oxygen atoms in total. The monoisotopic (exact) mass is 163 g/mol. The number of amides is 1. The molecule has 1 unspecified atom stereocenters. The highest BCUT2D eigenvalue weighted by atomic mass is 32.2. The van der Waals surface area contributed by atoms with E-state index in [1.165, 1.54) is 0 Å². The molecular formula is C4H5NO4S. The summed E-state index contributed by atoms with van der Waals surface area (Å²) >= 11 is 0. The first kappa shape index (κ1) is 7.23. The van der Waals surface area contributed by atoms with Gasteiger partial charge in [0.05, 0.1) is 0 Å². The standard InChI is InChI=1S/C4H5NO4S/c6-3-1-2(10(8)9)4(7)5-3/h3,6H,1H2,(H,5,7). The Hall–Kier alpha value is -0.880. The van der Waals surface area contributed by atoms with Crippen molar-refractivity contribution in [3.8, 4) is 0 Å². The SMILES string of the molecule is O=C1NC(O)CC1=S(=O)=O. The number of carbonyl (C=O) groups is 1. The molecule has 2 N–H and O–H groups in total. The first-order valence-corrected chi connectivity index (χ1v) is 3.63. The lowest BCUT2D eigenvalue weighted by molar-refractivity contribution is -0.115. The van der Waals surface area contributed by atoms with Gasteiger partial charge in [-0.15, -0.1) is 0 Å². The van der Waals surface area contributed by atoms with E-state index in [1.54, 1.807) is 0 Å². The fourth-order valence-corrected chi connectivity index (χ4v) is 1.20. The smallest absolute Gasteiger partial charge is 0.264 e. The molecule has 1 heterocycles. The average molecular weight is 163 g/mol. The third-order valence-corrected chi connectivity index (χ3v) is 1.89. The van der Waals surface area contributed by atoms with Crippen LogP contribution < -0.4 is 5.32 Å². The molecule has 1 aliphatic rings. The summed E-state index contributed by atoms with van der Waals surface area (Å²) in [4.78, 5) is 10.2. The molecule has 6 heteroatoms. The van der Waals surface area contributed by atoms with Crippen molar-refractivity contribution in [2.45, 2.75) is 12.6 Å². The van der Waals surface area contributed by atoms with Crippen LogP contribution in [0.2, 0.25) is 0 Å². The van der Waals surface area contributed by atoms with Gasteiger partial charge in [0.2, 0.25) is 10.3 Å². The summed E-state index contributed by atoms with van der Waals surface area (Å²) in [6.07, 6.45) is -1.17. The van der Waals surface area contributed by atoms with Gasteiger partial charge in [0.25, 0.3) is 5.91 Å². The van der Waals surface area contributed by atoms with Crippen molar-refractivity contribution in [1.82, 2.24) is 5.32 Å². The Labute approximate surface area is 58.2 Å². The highest BCUT2D eigenvalue weighted by Gasteiger charge is 2.26. The Morgan fingerprint density at radius 3 is 2.40 bits per heavy atom. The van der Waals surface area contributed by atoms with Gasteiger partial charge in [-0.1, -0.05) is 0 Å². The third kappa shape index (κ3) is 1.17. The van der Waals surface area contributed by atoms with Crippen molar-refractivity contribution in [1.29, 1.82) is 0 Å². The molecule has 0 aromatic carbocycles. The molecule has 1 aliphatic heterocycles. The van der Waals surface area contributed by atoms with Crippen LogP contribution in [0.15, 0.2) is 0 Å². The summed E-state index contributed by atoms with van der Waals surface area (Å²) in [5.74, 6) is -0.708. The average Bonchev–Trinajstić information content (AvgIpc) is 2.10. The van der Waals surface area contributed by atoms with Crippen molar-refractivity contribution in [3.63, 3.8) is 0 Å². The van der Waals surface area contributed by atoms with Crippen molar-refractivity contribution >= 4 is 21.1 Å². The molecule has 0 aliphatic carbocycles. The zero-order valence-corrected chi connectivity index (χ0v) is 5.68. The van der Waals surface area contributed by atoms with E-state index in [-0.39, 0.29) is 11.3 Å². The van der Waals surface area contributed by atoms with E-state index in [1.807, 2.05) is 5.32 Å². The summed E-state index contributed by atoms with van der Waals surface area (Å²) < 4.78 is 20.3. The van der Waals surface area contributed by atoms with Crippen molar-refractivity contribution in [2.75, 3.05) is 0 Å². The maximum Gasteiger partial charge on any atom is 0.264 e. The molecule has 1 atom stereocenters. The zero-order valence-electron chi connectivity index (χ0n) is 4.86. The van der Waals surface area contributed by atoms with E-state index in [2.05, 4.69) is 0 Å². The predicted octanol–water partition coefficient (Wildman–Crippen LogP) is -2.12. The normalized spacial score (nSPS) is 24.7. The molecule has 1 rings (SSSR count). The Morgan fingerprint density at radius 2 is 2.20 bits per heavy atom. The molecule has 0 bridgehead atoms. The molecule has 0 aromatic heterocycles. The molecule has 0 radical (unpaired) electrons. The van der Waals surface area contributed by atoms with Crippen LogP contribution in [0.25, 0.3) is 0 Å². The van der Waals surface area contributed by atoms with Gasteiger partial charge in [-0.25, -0.2) is 0 Å². The fourth-order valence-electron chi connectivity index (χ4n) is 0.695. The van der Waals surface area contributed by atoms with Crippen molar-refractivity contribution in [3.05, 3.63) is 0 Å². The van der Waals surface area contributed by atoms with Gasteiger partial charge in [-0.05, 0) is 0 Å². The third-order valence-electron chi connectivity index (χ3n) is 1.13. The highest BCUT2D eigenvalue weighted by Crippen LogP contribution is 1.99. The Morgan fingerprint density at radius 1 is 1.60 bits per heavy atom. The van der Waals surface area contributed by atoms with Crippen LogP contribution in [-0.2, 0) is 15.1 Å². The summed E-state index contributed by atoms with van der Waals surface area (Å²) in [5.41, 5.74) is 0. The number of rotatable bonds is 0. The maximum atomic E-state index is 10.5. The number of hydrogen-bond acceptors (Lipinski definition) is 4. The van der Waals surface area contributed by atoms with Crippen molar-refractivity contribution in [2.24, 2.45) is 0 Å². The topological polar surface area (TPSA) is 83.5 Å². The van der Waals surface area contributed by atoms with E-state index < -0.39 is 22.4 Å². The van der Waals surface area contributed by atoms with Crippen LogP contribution in [0.3, 0.4) is 0 Å². The number of aliphatic hydroxyl groups excluding tert-OH is 1. The van der Waals surface area contributed by atoms with E-state index in [0.29, 0.717) is 0 Å². The van der Waals surface area contributed by atoms with E-state index in [9.17, 15) is 13.2 Å². The minimum absolute atomic E-state index is 0.130. The second-order valence-corrected chi connectivity index (χ2v) is 2.81. The minimum Gasteiger partial charge on any atom is -0.373 e.